The van der Waals surface area contributed by atoms with Gasteiger partial charge in [-0.15, -0.1) is 0 Å². The lowest BCUT2D eigenvalue weighted by molar-refractivity contribution is -0.120. The molecule has 4 aromatic rings. The molecule has 1 heterocycles. The Kier molecular flexibility index (Phi) is 13.0. The Morgan fingerprint density at radius 2 is 1.48 bits per heavy atom. The topological polar surface area (TPSA) is 115 Å². The molecule has 1 unspecified atom stereocenters. The first kappa shape index (κ1) is 36.2. The van der Waals surface area contributed by atoms with Gasteiger partial charge in [-0.1, -0.05) is 97.1 Å². The van der Waals surface area contributed by atoms with Gasteiger partial charge in [-0.05, 0) is 39.9 Å². The van der Waals surface area contributed by atoms with Crippen LogP contribution in [0.2, 0.25) is 0 Å². The summed E-state index contributed by atoms with van der Waals surface area (Å²) in [4.78, 5) is 38.8. The summed E-state index contributed by atoms with van der Waals surface area (Å²) in [6.45, 7) is 0.555. The number of morpholine rings is 1. The molecule has 0 aromatic heterocycles. The van der Waals surface area contributed by atoms with Gasteiger partial charge in [0.05, 0.1) is 19.8 Å². The minimum absolute atomic E-state index is 0.0126. The van der Waals surface area contributed by atoms with Gasteiger partial charge in [-0.3, -0.25) is 4.79 Å². The zero-order valence-electron chi connectivity index (χ0n) is 27.7. The molecule has 1 aliphatic heterocycles. The molecule has 0 saturated carbocycles. The summed E-state index contributed by atoms with van der Waals surface area (Å²) in [6, 6.07) is 30.6. The molecule has 4 atom stereocenters. The third-order valence-electron chi connectivity index (χ3n) is 8.64. The summed E-state index contributed by atoms with van der Waals surface area (Å²) in [5.41, 5.74) is 3.74. The number of hydrogen-bond acceptors (Lipinski definition) is 7. The van der Waals surface area contributed by atoms with Gasteiger partial charge in [-0.2, -0.15) is 0 Å². The number of hydrogen-bond donors (Lipinski definition) is 3. The molecule has 11 heteroatoms. The average molecular weight is 686 g/mol. The normalized spacial score (nSPS) is 17.0. The number of nitrogens with one attached hydrogen (secondary N) is 3. The molecule has 1 aliphatic rings. The molecule has 0 radical (unpaired) electrons. The quantitative estimate of drug-likeness (QED) is 0.157. The SMILES string of the molecule is COC(=O)N[C@H](C(=O)Cc1ccccc1CC(F)[C@@H]1CN[C@H](COC(=O)NCc2ccc(F)cc2)CO1)C(c1ccccc1)c1ccccc1. The summed E-state index contributed by atoms with van der Waals surface area (Å²) >= 11 is 0. The first-order chi connectivity index (χ1) is 24.3. The second-order valence-electron chi connectivity index (χ2n) is 12.1. The third kappa shape index (κ3) is 10.2. The fourth-order valence-electron chi connectivity index (χ4n) is 5.99. The number of amides is 2. The lowest BCUT2D eigenvalue weighted by atomic mass is 9.81. The highest BCUT2D eigenvalue weighted by molar-refractivity contribution is 5.91. The zero-order valence-corrected chi connectivity index (χ0v) is 27.7. The van der Waals surface area contributed by atoms with E-state index in [2.05, 4.69) is 16.0 Å². The maximum atomic E-state index is 15.7. The second-order valence-corrected chi connectivity index (χ2v) is 12.1. The van der Waals surface area contributed by atoms with Crippen LogP contribution in [0, 0.1) is 5.82 Å². The number of ketones is 1. The minimum atomic E-state index is -1.38. The van der Waals surface area contributed by atoms with Crippen molar-refractivity contribution in [1.82, 2.24) is 16.0 Å². The van der Waals surface area contributed by atoms with E-state index < -0.39 is 36.4 Å². The molecular weight excluding hydrogens is 644 g/mol. The van der Waals surface area contributed by atoms with Crippen LogP contribution in [-0.2, 0) is 38.4 Å². The van der Waals surface area contributed by atoms with E-state index >= 15 is 4.39 Å². The zero-order chi connectivity index (χ0) is 35.3. The van der Waals surface area contributed by atoms with Crippen LogP contribution in [0.5, 0.6) is 0 Å². The maximum Gasteiger partial charge on any atom is 0.407 e. The van der Waals surface area contributed by atoms with Crippen molar-refractivity contribution in [3.05, 3.63) is 143 Å². The molecule has 0 bridgehead atoms. The van der Waals surface area contributed by atoms with Gasteiger partial charge in [0.15, 0.2) is 5.78 Å². The molecule has 9 nitrogen and oxygen atoms in total. The largest absolute Gasteiger partial charge is 0.453 e. The van der Waals surface area contributed by atoms with Crippen molar-refractivity contribution in [1.29, 1.82) is 0 Å². The predicted octanol–water partition coefficient (Wildman–Crippen LogP) is 5.66. The van der Waals surface area contributed by atoms with Crippen molar-refractivity contribution in [2.24, 2.45) is 0 Å². The van der Waals surface area contributed by atoms with Gasteiger partial charge in [0.25, 0.3) is 0 Å². The maximum absolute atomic E-state index is 15.7. The highest BCUT2D eigenvalue weighted by Crippen LogP contribution is 2.30. The van der Waals surface area contributed by atoms with Crippen LogP contribution in [0.3, 0.4) is 0 Å². The average Bonchev–Trinajstić information content (AvgIpc) is 3.15. The van der Waals surface area contributed by atoms with Crippen LogP contribution in [-0.4, -0.2) is 69.2 Å². The van der Waals surface area contributed by atoms with E-state index in [4.69, 9.17) is 14.2 Å². The number of rotatable bonds is 14. The van der Waals surface area contributed by atoms with Crippen LogP contribution in [0.4, 0.5) is 18.4 Å². The molecule has 1 saturated heterocycles. The Balaban J connectivity index is 1.18. The van der Waals surface area contributed by atoms with Crippen molar-refractivity contribution in [2.75, 3.05) is 26.9 Å². The highest BCUT2D eigenvalue weighted by atomic mass is 19.1. The van der Waals surface area contributed by atoms with Gasteiger partial charge >= 0.3 is 12.2 Å². The Hall–Kier alpha value is -5.13. The first-order valence-electron chi connectivity index (χ1n) is 16.5. The van der Waals surface area contributed by atoms with Gasteiger partial charge in [0.2, 0.25) is 0 Å². The van der Waals surface area contributed by atoms with Crippen molar-refractivity contribution >= 4 is 18.0 Å². The number of halogens is 2. The van der Waals surface area contributed by atoms with Gasteiger partial charge < -0.3 is 30.2 Å². The number of Topliss-reactive ketones (excluding diaryl/α,β-unsaturated/α-hetero) is 1. The van der Waals surface area contributed by atoms with Crippen molar-refractivity contribution in [2.45, 2.75) is 49.7 Å². The first-order valence-corrected chi connectivity index (χ1v) is 16.5. The van der Waals surface area contributed by atoms with E-state index in [0.29, 0.717) is 11.1 Å². The molecule has 0 aliphatic carbocycles. The molecule has 0 spiro atoms. The summed E-state index contributed by atoms with van der Waals surface area (Å²) < 4.78 is 44.8. The second kappa shape index (κ2) is 18.0. The molecule has 262 valence electrons. The Labute approximate surface area is 290 Å². The van der Waals surface area contributed by atoms with Crippen LogP contribution >= 0.6 is 0 Å². The number of carbonyl (C=O) groups excluding carboxylic acids is 3. The molecule has 50 heavy (non-hydrogen) atoms. The Bertz CT molecular complexity index is 1650. The molecule has 1 fully saturated rings. The van der Waals surface area contributed by atoms with Crippen molar-refractivity contribution < 1.29 is 37.4 Å². The lowest BCUT2D eigenvalue weighted by Crippen LogP contribution is -2.52. The summed E-state index contributed by atoms with van der Waals surface area (Å²) in [5.74, 6) is -1.11. The standard InChI is InChI=1S/C39H41F2N3O6/c1-48-39(47)44-37(36(27-10-4-2-5-11-27)28-12-6-3-7-13-28)34(45)21-30-15-9-8-14-29(30)20-33(41)35-23-42-32(24-49-35)25-50-38(46)43-22-26-16-18-31(40)19-17-26/h2-19,32-33,35-37,42H,20-25H2,1H3,(H,43,46)(H,44,47)/t32-,33?,35-,37+/m0/s1. The molecule has 5 rings (SSSR count). The van der Waals surface area contributed by atoms with E-state index in [-0.39, 0.29) is 56.8 Å². The van der Waals surface area contributed by atoms with E-state index in [1.807, 2.05) is 60.7 Å². The lowest BCUT2D eigenvalue weighted by Gasteiger charge is -2.32. The van der Waals surface area contributed by atoms with E-state index in [1.165, 1.54) is 19.2 Å². The fraction of sp³-hybridized carbons (Fsp3) is 0.308. The number of alkyl halides is 1. The van der Waals surface area contributed by atoms with E-state index in [9.17, 15) is 18.8 Å². The number of alkyl carbamates (subject to hydrolysis) is 2. The van der Waals surface area contributed by atoms with Gasteiger partial charge in [0.1, 0.15) is 30.7 Å². The fourth-order valence-corrected chi connectivity index (χ4v) is 5.99. The minimum Gasteiger partial charge on any atom is -0.453 e. The van der Waals surface area contributed by atoms with Crippen molar-refractivity contribution in [3.8, 4) is 0 Å². The molecule has 3 N–H and O–H groups in total. The molecular formula is C39H41F2N3O6. The monoisotopic (exact) mass is 685 g/mol. The third-order valence-corrected chi connectivity index (χ3v) is 8.64. The summed E-state index contributed by atoms with van der Waals surface area (Å²) in [7, 11) is 1.25. The van der Waals surface area contributed by atoms with Crippen LogP contribution in [0.25, 0.3) is 0 Å². The summed E-state index contributed by atoms with van der Waals surface area (Å²) in [6.07, 6.45) is -3.52. The Morgan fingerprint density at radius 3 is 2.08 bits per heavy atom. The number of methoxy groups -OCH3 is 1. The molecule has 2 amide bonds. The van der Waals surface area contributed by atoms with E-state index in [1.54, 1.807) is 36.4 Å². The van der Waals surface area contributed by atoms with E-state index in [0.717, 1.165) is 16.7 Å². The molecule has 4 aromatic carbocycles. The number of carbonyl (C=O) groups is 3. The number of ether oxygens (including phenoxy) is 3. The predicted molar refractivity (Wildman–Crippen MR) is 184 cm³/mol. The van der Waals surface area contributed by atoms with Gasteiger partial charge in [0, 0.05) is 31.8 Å². The van der Waals surface area contributed by atoms with Gasteiger partial charge in [-0.25, -0.2) is 18.4 Å². The van der Waals surface area contributed by atoms with Crippen LogP contribution in [0.1, 0.15) is 33.7 Å². The van der Waals surface area contributed by atoms with Crippen LogP contribution < -0.4 is 16.0 Å². The highest BCUT2D eigenvalue weighted by Gasteiger charge is 2.34. The van der Waals surface area contributed by atoms with Crippen LogP contribution in [0.15, 0.2) is 109 Å². The number of benzene rings is 4. The smallest absolute Gasteiger partial charge is 0.407 e. The summed E-state index contributed by atoms with van der Waals surface area (Å²) in [5, 5.41) is 8.56. The van der Waals surface area contributed by atoms with Crippen molar-refractivity contribution in [3.63, 3.8) is 0 Å². The Morgan fingerprint density at radius 1 is 0.860 bits per heavy atom.